The summed E-state index contributed by atoms with van der Waals surface area (Å²) in [6.45, 7) is 10.1. The summed E-state index contributed by atoms with van der Waals surface area (Å²) in [6.07, 6.45) is 2.29. The van der Waals surface area contributed by atoms with Gasteiger partial charge in [0.05, 0.1) is 13.2 Å². The third-order valence-corrected chi connectivity index (χ3v) is 2.96. The van der Waals surface area contributed by atoms with Crippen LogP contribution in [0.5, 0.6) is 0 Å². The van der Waals surface area contributed by atoms with Gasteiger partial charge in [-0.3, -0.25) is 4.79 Å². The van der Waals surface area contributed by atoms with E-state index in [9.17, 15) is 10.1 Å². The Balaban J connectivity index is 5.01. The number of rotatable bonds is 8. The second kappa shape index (κ2) is 8.76. The van der Waals surface area contributed by atoms with Crippen LogP contribution in [0.2, 0.25) is 0 Å². The van der Waals surface area contributed by atoms with Crippen LogP contribution in [0.3, 0.4) is 0 Å². The van der Waals surface area contributed by atoms with Crippen LogP contribution in [0.25, 0.3) is 0 Å². The quantitative estimate of drug-likeness (QED) is 0.459. The number of carbonyl (C=O) groups excluding carboxylic acids is 1. The van der Waals surface area contributed by atoms with E-state index in [0.29, 0.717) is 0 Å². The molecule has 0 saturated heterocycles. The topological polar surface area (TPSA) is 96.6 Å². The van der Waals surface area contributed by atoms with Gasteiger partial charge in [-0.05, 0) is 25.7 Å². The maximum Gasteiger partial charge on any atom is 0.266 e. The van der Waals surface area contributed by atoms with Crippen molar-refractivity contribution in [1.29, 1.82) is 5.26 Å². The van der Waals surface area contributed by atoms with Crippen LogP contribution in [-0.4, -0.2) is 52.9 Å². The van der Waals surface area contributed by atoms with E-state index in [4.69, 9.17) is 10.2 Å². The smallest absolute Gasteiger partial charge is 0.266 e. The minimum atomic E-state index is -0.496. The molecular formula is C16H29N3O3. The predicted molar refractivity (Wildman–Crippen MR) is 85.7 cm³/mol. The number of amides is 1. The van der Waals surface area contributed by atoms with Crippen LogP contribution in [0.15, 0.2) is 11.8 Å². The fourth-order valence-electron chi connectivity index (χ4n) is 2.51. The van der Waals surface area contributed by atoms with Crippen molar-refractivity contribution in [3.8, 4) is 6.07 Å². The van der Waals surface area contributed by atoms with E-state index in [2.05, 4.69) is 26.1 Å². The average Bonchev–Trinajstić information content (AvgIpc) is 2.36. The predicted octanol–water partition coefficient (Wildman–Crippen LogP) is 1.01. The van der Waals surface area contributed by atoms with Crippen LogP contribution in [-0.2, 0) is 4.79 Å². The maximum atomic E-state index is 12.2. The van der Waals surface area contributed by atoms with Crippen molar-refractivity contribution >= 4 is 5.91 Å². The van der Waals surface area contributed by atoms with E-state index in [0.717, 1.165) is 6.42 Å². The number of hydrogen-bond donors (Lipinski definition) is 3. The molecule has 0 heterocycles. The molecule has 3 N–H and O–H groups in total. The van der Waals surface area contributed by atoms with E-state index in [1.807, 2.05) is 19.9 Å². The van der Waals surface area contributed by atoms with Crippen molar-refractivity contribution in [3.63, 3.8) is 0 Å². The first-order valence-corrected chi connectivity index (χ1v) is 7.45. The normalized spacial score (nSPS) is 12.7. The Morgan fingerprint density at radius 1 is 1.18 bits per heavy atom. The minimum absolute atomic E-state index is 0.0381. The van der Waals surface area contributed by atoms with E-state index < -0.39 is 5.91 Å². The van der Waals surface area contributed by atoms with Gasteiger partial charge in [0.15, 0.2) is 0 Å². The van der Waals surface area contributed by atoms with Crippen molar-refractivity contribution < 1.29 is 15.0 Å². The highest BCUT2D eigenvalue weighted by atomic mass is 16.3. The maximum absolute atomic E-state index is 12.2. The number of aliphatic hydroxyl groups excluding tert-OH is 2. The molecule has 0 aromatic carbocycles. The Bertz CT molecular complexity index is 425. The summed E-state index contributed by atoms with van der Waals surface area (Å²) in [6, 6.07) is 1.88. The molecule has 22 heavy (non-hydrogen) atoms. The van der Waals surface area contributed by atoms with Crippen LogP contribution < -0.4 is 5.32 Å². The second-order valence-electron chi connectivity index (χ2n) is 7.17. The zero-order valence-corrected chi connectivity index (χ0v) is 14.3. The zero-order valence-electron chi connectivity index (χ0n) is 14.3. The fourth-order valence-corrected chi connectivity index (χ4v) is 2.51. The van der Waals surface area contributed by atoms with Gasteiger partial charge in [0.1, 0.15) is 11.6 Å². The van der Waals surface area contributed by atoms with Crippen molar-refractivity contribution in [2.75, 3.05) is 26.3 Å². The lowest BCUT2D eigenvalue weighted by atomic mass is 9.82. The number of nitriles is 1. The van der Waals surface area contributed by atoms with Gasteiger partial charge in [0, 0.05) is 24.8 Å². The summed E-state index contributed by atoms with van der Waals surface area (Å²) in [5.41, 5.74) is -0.190. The molecule has 0 fully saturated rings. The third kappa shape index (κ3) is 8.01. The third-order valence-electron chi connectivity index (χ3n) is 2.96. The molecule has 0 aliphatic heterocycles. The molecule has 126 valence electrons. The highest BCUT2D eigenvalue weighted by Gasteiger charge is 2.25. The Morgan fingerprint density at radius 2 is 1.68 bits per heavy atom. The van der Waals surface area contributed by atoms with Gasteiger partial charge < -0.3 is 20.4 Å². The molecule has 0 aliphatic rings. The van der Waals surface area contributed by atoms with Crippen LogP contribution in [0.1, 0.15) is 41.0 Å². The van der Waals surface area contributed by atoms with Gasteiger partial charge in [0.25, 0.3) is 5.91 Å². The number of aliphatic hydroxyl groups is 2. The molecule has 0 aliphatic carbocycles. The standard InChI is InChI=1S/C16H29N3O3/c1-15(2,3)12-16(4,5)18-11-13(10-17)14(22)19(6-8-20)7-9-21/h11,18,20-21H,6-9,12H2,1-5H3/b13-11-. The van der Waals surface area contributed by atoms with Crippen molar-refractivity contribution in [2.24, 2.45) is 5.41 Å². The molecule has 0 aromatic rings. The van der Waals surface area contributed by atoms with Gasteiger partial charge in [-0.2, -0.15) is 5.26 Å². The van der Waals surface area contributed by atoms with Crippen molar-refractivity contribution in [3.05, 3.63) is 11.8 Å². The minimum Gasteiger partial charge on any atom is -0.395 e. The summed E-state index contributed by atoms with van der Waals surface area (Å²) in [4.78, 5) is 13.5. The summed E-state index contributed by atoms with van der Waals surface area (Å²) >= 11 is 0. The Morgan fingerprint density at radius 3 is 2.05 bits per heavy atom. The molecule has 0 radical (unpaired) electrons. The molecule has 0 saturated carbocycles. The van der Waals surface area contributed by atoms with E-state index in [1.165, 1.54) is 11.1 Å². The number of nitrogens with zero attached hydrogens (tertiary/aromatic N) is 2. The molecule has 0 rings (SSSR count). The fraction of sp³-hybridized carbons (Fsp3) is 0.750. The van der Waals surface area contributed by atoms with E-state index in [-0.39, 0.29) is 42.8 Å². The lowest BCUT2D eigenvalue weighted by Crippen LogP contribution is -2.41. The molecule has 0 spiro atoms. The monoisotopic (exact) mass is 311 g/mol. The molecule has 1 amide bonds. The average molecular weight is 311 g/mol. The second-order valence-corrected chi connectivity index (χ2v) is 7.17. The molecular weight excluding hydrogens is 282 g/mol. The summed E-state index contributed by atoms with van der Waals surface area (Å²) in [7, 11) is 0. The highest BCUT2D eigenvalue weighted by molar-refractivity contribution is 5.97. The number of hydrogen-bond acceptors (Lipinski definition) is 5. The van der Waals surface area contributed by atoms with Gasteiger partial charge in [-0.15, -0.1) is 0 Å². The van der Waals surface area contributed by atoms with Crippen molar-refractivity contribution in [2.45, 2.75) is 46.6 Å². The largest absolute Gasteiger partial charge is 0.395 e. The molecule has 6 heteroatoms. The molecule has 0 aromatic heterocycles. The molecule has 0 atom stereocenters. The lowest BCUT2D eigenvalue weighted by Gasteiger charge is -2.33. The molecule has 0 unspecified atom stereocenters. The first kappa shape index (κ1) is 20.4. The number of carbonyl (C=O) groups is 1. The lowest BCUT2D eigenvalue weighted by molar-refractivity contribution is -0.127. The van der Waals surface area contributed by atoms with Crippen molar-refractivity contribution in [1.82, 2.24) is 10.2 Å². The summed E-state index contributed by atoms with van der Waals surface area (Å²) in [5.74, 6) is -0.496. The first-order valence-electron chi connectivity index (χ1n) is 7.45. The Hall–Kier alpha value is -1.58. The zero-order chi connectivity index (χ0) is 17.4. The van der Waals surface area contributed by atoms with Gasteiger partial charge in [0.2, 0.25) is 0 Å². The van der Waals surface area contributed by atoms with Crippen LogP contribution >= 0.6 is 0 Å². The van der Waals surface area contributed by atoms with Gasteiger partial charge >= 0.3 is 0 Å². The SMILES string of the molecule is CC(C)(C)CC(C)(C)N/C=C(/C#N)C(=O)N(CCO)CCO. The molecule has 0 bridgehead atoms. The van der Waals surface area contributed by atoms with Crippen LogP contribution in [0, 0.1) is 16.7 Å². The van der Waals surface area contributed by atoms with Crippen LogP contribution in [0.4, 0.5) is 0 Å². The molecule has 6 nitrogen and oxygen atoms in total. The Labute approximate surface area is 133 Å². The number of nitrogens with one attached hydrogen (secondary N) is 1. The van der Waals surface area contributed by atoms with E-state index >= 15 is 0 Å². The summed E-state index contributed by atoms with van der Waals surface area (Å²) in [5, 5.41) is 30.2. The van der Waals surface area contributed by atoms with Gasteiger partial charge in [-0.1, -0.05) is 20.8 Å². The first-order chi connectivity index (χ1) is 10.1. The Kier molecular flexibility index (Phi) is 8.13. The highest BCUT2D eigenvalue weighted by Crippen LogP contribution is 2.26. The van der Waals surface area contributed by atoms with E-state index in [1.54, 1.807) is 0 Å². The summed E-state index contributed by atoms with van der Waals surface area (Å²) < 4.78 is 0. The van der Waals surface area contributed by atoms with Gasteiger partial charge in [-0.25, -0.2) is 0 Å².